The molecule has 0 heterocycles. The normalized spacial score (nSPS) is 11.1. The van der Waals surface area contributed by atoms with Gasteiger partial charge in [-0.25, -0.2) is 0 Å². The van der Waals surface area contributed by atoms with E-state index in [4.69, 9.17) is 4.65 Å². The van der Waals surface area contributed by atoms with Gasteiger partial charge in [-0.3, -0.25) is 0 Å². The van der Waals surface area contributed by atoms with Crippen LogP contribution in [-0.2, 0) is 4.65 Å². The first-order chi connectivity index (χ1) is 11.4. The van der Waals surface area contributed by atoms with E-state index >= 15 is 0 Å². The summed E-state index contributed by atoms with van der Waals surface area (Å²) in [6.45, 7) is 1.89. The Balaban J connectivity index is 1.96. The molecule has 0 atom stereocenters. The van der Waals surface area contributed by atoms with E-state index in [0.29, 0.717) is 0 Å². The molecule has 0 fully saturated rings. The number of benzene rings is 3. The molecule has 3 aromatic rings. The Morgan fingerprint density at radius 1 is 0.696 bits per heavy atom. The van der Waals surface area contributed by atoms with Gasteiger partial charge in [0.15, 0.2) is 0 Å². The predicted molar refractivity (Wildman–Crippen MR) is 99.1 cm³/mol. The van der Waals surface area contributed by atoms with E-state index in [9.17, 15) is 0 Å². The van der Waals surface area contributed by atoms with Crippen molar-refractivity contribution in [1.29, 1.82) is 0 Å². The summed E-state index contributed by atoms with van der Waals surface area (Å²) in [5.74, 6) is 0.892. The summed E-state index contributed by atoms with van der Waals surface area (Å²) in [5, 5.41) is 0. The molecule has 0 aliphatic rings. The van der Waals surface area contributed by atoms with E-state index in [2.05, 4.69) is 36.4 Å². The number of rotatable bonds is 5. The molecule has 0 aliphatic carbocycles. The van der Waals surface area contributed by atoms with Crippen molar-refractivity contribution in [1.82, 2.24) is 0 Å². The van der Waals surface area contributed by atoms with Gasteiger partial charge in [-0.1, -0.05) is 91.0 Å². The van der Waals surface area contributed by atoms with Gasteiger partial charge in [0.1, 0.15) is 5.76 Å². The van der Waals surface area contributed by atoms with Gasteiger partial charge in [0.2, 0.25) is 0 Å². The highest BCUT2D eigenvalue weighted by Gasteiger charge is 2.24. The molecule has 1 nitrogen and oxygen atoms in total. The van der Waals surface area contributed by atoms with Crippen molar-refractivity contribution in [2.75, 3.05) is 0 Å². The minimum absolute atomic E-state index is 0.121. The van der Waals surface area contributed by atoms with Gasteiger partial charge in [-0.05, 0) is 23.9 Å². The van der Waals surface area contributed by atoms with Crippen LogP contribution < -0.4 is 10.9 Å². The summed E-state index contributed by atoms with van der Waals surface area (Å²) in [7, 11) is 0. The van der Waals surface area contributed by atoms with Crippen molar-refractivity contribution < 1.29 is 4.65 Å². The Kier molecular flexibility index (Phi) is 4.95. The van der Waals surface area contributed by atoms with E-state index < -0.39 is 0 Å². The van der Waals surface area contributed by atoms with Gasteiger partial charge < -0.3 is 4.65 Å². The van der Waals surface area contributed by atoms with Crippen molar-refractivity contribution >= 4 is 23.6 Å². The number of hydrogen-bond donors (Lipinski definition) is 0. The van der Waals surface area contributed by atoms with Gasteiger partial charge in [0.25, 0.3) is 0 Å². The molecular formula is C21H19BO. The Morgan fingerprint density at radius 2 is 1.13 bits per heavy atom. The molecule has 0 bridgehead atoms. The summed E-state index contributed by atoms with van der Waals surface area (Å²) < 4.78 is 6.42. The van der Waals surface area contributed by atoms with Gasteiger partial charge in [-0.2, -0.15) is 0 Å². The summed E-state index contributed by atoms with van der Waals surface area (Å²) in [6.07, 6.45) is 2.02. The third kappa shape index (κ3) is 3.72. The fourth-order valence-corrected chi connectivity index (χ4v) is 2.62. The molecular weight excluding hydrogens is 279 g/mol. The zero-order valence-corrected chi connectivity index (χ0v) is 13.2. The lowest BCUT2D eigenvalue weighted by Crippen LogP contribution is -2.44. The second-order valence-corrected chi connectivity index (χ2v) is 5.34. The maximum atomic E-state index is 6.42. The summed E-state index contributed by atoms with van der Waals surface area (Å²) in [4.78, 5) is 0. The Hall–Kier alpha value is -2.74. The molecule has 0 aliphatic heterocycles. The molecule has 0 unspecified atom stereocenters. The van der Waals surface area contributed by atoms with E-state index in [-0.39, 0.29) is 6.92 Å². The molecule has 0 amide bonds. The lowest BCUT2D eigenvalue weighted by Gasteiger charge is -2.19. The fourth-order valence-electron chi connectivity index (χ4n) is 2.62. The summed E-state index contributed by atoms with van der Waals surface area (Å²) >= 11 is 0. The molecule has 112 valence electrons. The SMILES string of the molecule is C/C=C(\OB(c1ccccc1)c1ccccc1)c1ccccc1. The average molecular weight is 298 g/mol. The average Bonchev–Trinajstić information content (AvgIpc) is 2.65. The lowest BCUT2D eigenvalue weighted by atomic mass is 9.55. The maximum Gasteiger partial charge on any atom is 0.426 e. The van der Waals surface area contributed by atoms with E-state index in [0.717, 1.165) is 22.2 Å². The monoisotopic (exact) mass is 298 g/mol. The molecule has 3 rings (SSSR count). The van der Waals surface area contributed by atoms with Crippen LogP contribution in [0, 0.1) is 0 Å². The van der Waals surface area contributed by atoms with Crippen LogP contribution in [-0.4, -0.2) is 6.92 Å². The second-order valence-electron chi connectivity index (χ2n) is 5.34. The zero-order valence-electron chi connectivity index (χ0n) is 13.2. The molecule has 0 spiro atoms. The first kappa shape index (κ1) is 15.2. The van der Waals surface area contributed by atoms with Crippen molar-refractivity contribution in [2.24, 2.45) is 0 Å². The zero-order chi connectivity index (χ0) is 15.9. The highest BCUT2D eigenvalue weighted by Crippen LogP contribution is 2.16. The Labute approximate surface area is 138 Å². The standard InChI is InChI=1S/C21H19BO/c1-2-21(18-12-6-3-7-13-18)23-22(19-14-8-4-9-15-19)20-16-10-5-11-17-20/h2-17H,1H3/b21-2-. The van der Waals surface area contributed by atoms with Crippen LogP contribution in [0.15, 0.2) is 97.1 Å². The van der Waals surface area contributed by atoms with Crippen LogP contribution in [0.5, 0.6) is 0 Å². The van der Waals surface area contributed by atoms with Gasteiger partial charge in [-0.15, -0.1) is 0 Å². The van der Waals surface area contributed by atoms with Crippen LogP contribution in [0.4, 0.5) is 0 Å². The smallest absolute Gasteiger partial charge is 0.426 e. The highest BCUT2D eigenvalue weighted by molar-refractivity contribution is 6.80. The van der Waals surface area contributed by atoms with Gasteiger partial charge >= 0.3 is 6.92 Å². The molecule has 3 aromatic carbocycles. The molecule has 23 heavy (non-hydrogen) atoms. The second kappa shape index (κ2) is 7.50. The van der Waals surface area contributed by atoms with Gasteiger partial charge in [0, 0.05) is 5.56 Å². The molecule has 0 aromatic heterocycles. The minimum Gasteiger partial charge on any atom is -0.551 e. The van der Waals surface area contributed by atoms with Crippen LogP contribution in [0.1, 0.15) is 12.5 Å². The van der Waals surface area contributed by atoms with Crippen molar-refractivity contribution in [3.05, 3.63) is 103 Å². The Morgan fingerprint density at radius 3 is 1.57 bits per heavy atom. The Bertz CT molecular complexity index is 712. The first-order valence-electron chi connectivity index (χ1n) is 7.87. The van der Waals surface area contributed by atoms with Crippen LogP contribution in [0.2, 0.25) is 0 Å². The topological polar surface area (TPSA) is 9.23 Å². The van der Waals surface area contributed by atoms with Crippen LogP contribution in [0.25, 0.3) is 5.76 Å². The van der Waals surface area contributed by atoms with Crippen molar-refractivity contribution in [3.63, 3.8) is 0 Å². The summed E-state index contributed by atoms with van der Waals surface area (Å²) in [5.41, 5.74) is 3.38. The predicted octanol–water partition coefficient (Wildman–Crippen LogP) is 3.87. The van der Waals surface area contributed by atoms with Crippen LogP contribution >= 0.6 is 0 Å². The largest absolute Gasteiger partial charge is 0.551 e. The fraction of sp³-hybridized carbons (Fsp3) is 0.0476. The summed E-state index contributed by atoms with van der Waals surface area (Å²) in [6, 6.07) is 30.9. The van der Waals surface area contributed by atoms with Gasteiger partial charge in [0.05, 0.1) is 0 Å². The maximum absolute atomic E-state index is 6.42. The van der Waals surface area contributed by atoms with E-state index in [1.807, 2.05) is 67.6 Å². The quantitative estimate of drug-likeness (QED) is 0.513. The molecule has 0 saturated carbocycles. The lowest BCUT2D eigenvalue weighted by molar-refractivity contribution is 0.547. The number of allylic oxidation sites excluding steroid dienone is 1. The molecule has 0 radical (unpaired) electrons. The first-order valence-corrected chi connectivity index (χ1v) is 7.87. The van der Waals surface area contributed by atoms with E-state index in [1.165, 1.54) is 0 Å². The minimum atomic E-state index is -0.121. The molecule has 0 N–H and O–H groups in total. The third-order valence-electron chi connectivity index (χ3n) is 3.77. The van der Waals surface area contributed by atoms with Crippen molar-refractivity contribution in [2.45, 2.75) is 6.92 Å². The van der Waals surface area contributed by atoms with E-state index in [1.54, 1.807) is 0 Å². The highest BCUT2D eigenvalue weighted by atomic mass is 16.4. The van der Waals surface area contributed by atoms with Crippen LogP contribution in [0.3, 0.4) is 0 Å². The molecule has 0 saturated heterocycles. The number of hydrogen-bond acceptors (Lipinski definition) is 1. The third-order valence-corrected chi connectivity index (χ3v) is 3.77. The van der Waals surface area contributed by atoms with Crippen molar-refractivity contribution in [3.8, 4) is 0 Å². The molecule has 2 heteroatoms.